The maximum atomic E-state index is 14.6. The van der Waals surface area contributed by atoms with Crippen molar-refractivity contribution in [3.63, 3.8) is 0 Å². The Labute approximate surface area is 127 Å². The van der Waals surface area contributed by atoms with E-state index in [-0.39, 0.29) is 45.6 Å². The second-order valence-corrected chi connectivity index (χ2v) is 5.90. The molecule has 2 aliphatic rings. The summed E-state index contributed by atoms with van der Waals surface area (Å²) < 4.78 is 39.2. The Hall–Kier alpha value is -1.28. The molecule has 0 radical (unpaired) electrons. The van der Waals surface area contributed by atoms with E-state index in [9.17, 15) is 18.4 Å². The van der Waals surface area contributed by atoms with Gasteiger partial charge in [-0.2, -0.15) is 8.78 Å². The number of nitrogens with two attached hydrogens (primary N) is 1. The number of carbonyl (C=O) groups excluding carboxylic acids is 2. The van der Waals surface area contributed by atoms with Crippen LogP contribution in [0.25, 0.3) is 0 Å². The number of amides is 2. The molecule has 0 aromatic rings. The number of alkyl halides is 2. The zero-order valence-corrected chi connectivity index (χ0v) is 12.6. The molecule has 2 amide bonds. The summed E-state index contributed by atoms with van der Waals surface area (Å²) in [5.74, 6) is -6.72. The molecule has 0 aliphatic carbocycles. The van der Waals surface area contributed by atoms with Crippen LogP contribution in [-0.2, 0) is 19.1 Å². The fourth-order valence-electron chi connectivity index (χ4n) is 3.31. The lowest BCUT2D eigenvalue weighted by atomic mass is 9.90. The van der Waals surface area contributed by atoms with Gasteiger partial charge in [-0.05, 0) is 25.7 Å². The number of hydrogen-bond acceptors (Lipinski definition) is 4. The van der Waals surface area contributed by atoms with E-state index >= 15 is 0 Å². The van der Waals surface area contributed by atoms with Crippen molar-refractivity contribution in [3.05, 3.63) is 0 Å². The molecule has 1 atom stereocenters. The normalized spacial score (nSPS) is 27.1. The van der Waals surface area contributed by atoms with Crippen LogP contribution in [0.3, 0.4) is 0 Å². The second kappa shape index (κ2) is 6.45. The molecule has 6 nitrogen and oxygen atoms in total. The average Bonchev–Trinajstić information content (AvgIpc) is 2.92. The first-order chi connectivity index (χ1) is 10.4. The monoisotopic (exact) mass is 320 g/mol. The molecule has 2 aliphatic heterocycles. The summed E-state index contributed by atoms with van der Waals surface area (Å²) in [6.07, 6.45) is 0.939. The van der Waals surface area contributed by atoms with Gasteiger partial charge in [0.2, 0.25) is 5.91 Å². The Morgan fingerprint density at radius 3 is 2.59 bits per heavy atom. The summed E-state index contributed by atoms with van der Waals surface area (Å²) in [5.41, 5.74) is 3.92. The van der Waals surface area contributed by atoms with Crippen LogP contribution in [0.2, 0.25) is 0 Å². The van der Waals surface area contributed by atoms with Crippen LogP contribution >= 0.6 is 0 Å². The van der Waals surface area contributed by atoms with Crippen molar-refractivity contribution in [2.24, 2.45) is 11.7 Å². The maximum Gasteiger partial charge on any atom is 0.327 e. The van der Waals surface area contributed by atoms with E-state index in [2.05, 4.69) is 0 Å². The predicted octanol–water partition coefficient (Wildman–Crippen LogP) is 0.541. The summed E-state index contributed by atoms with van der Waals surface area (Å²) in [4.78, 5) is 25.2. The third kappa shape index (κ3) is 2.81. The van der Waals surface area contributed by atoms with Gasteiger partial charge < -0.3 is 20.1 Å². The van der Waals surface area contributed by atoms with Gasteiger partial charge in [0.1, 0.15) is 5.54 Å². The Morgan fingerprint density at radius 1 is 1.41 bits per heavy atom. The number of likely N-dealkylation sites (tertiary alicyclic amines) is 1. The molecule has 0 bridgehead atoms. The molecule has 0 aromatic carbocycles. The third-order valence-electron chi connectivity index (χ3n) is 4.59. The van der Waals surface area contributed by atoms with Gasteiger partial charge in [-0.25, -0.2) is 0 Å². The first kappa shape index (κ1) is 17.1. The molecule has 2 fully saturated rings. The molecule has 2 saturated heterocycles. The Morgan fingerprint density at radius 2 is 2.05 bits per heavy atom. The van der Waals surface area contributed by atoms with E-state index in [0.717, 1.165) is 4.90 Å². The lowest BCUT2D eigenvalue weighted by Gasteiger charge is -2.39. The van der Waals surface area contributed by atoms with Crippen molar-refractivity contribution in [1.82, 2.24) is 4.90 Å². The fourth-order valence-corrected chi connectivity index (χ4v) is 3.31. The Balaban J connectivity index is 2.24. The van der Waals surface area contributed by atoms with E-state index < -0.39 is 29.2 Å². The van der Waals surface area contributed by atoms with Crippen LogP contribution in [0.5, 0.6) is 0 Å². The van der Waals surface area contributed by atoms with Crippen LogP contribution in [0.15, 0.2) is 0 Å². The molecular formula is C14H22F2N2O4. The minimum absolute atomic E-state index is 0.0872. The smallest absolute Gasteiger partial charge is 0.327 e. The topological polar surface area (TPSA) is 81.9 Å². The van der Waals surface area contributed by atoms with E-state index in [1.54, 1.807) is 0 Å². The van der Waals surface area contributed by atoms with Crippen molar-refractivity contribution in [1.29, 1.82) is 0 Å². The molecule has 0 saturated carbocycles. The summed E-state index contributed by atoms with van der Waals surface area (Å²) in [5, 5.41) is 0. The van der Waals surface area contributed by atoms with E-state index in [1.807, 2.05) is 0 Å². The molecule has 2 N–H and O–H groups in total. The number of rotatable bonds is 5. The predicted molar refractivity (Wildman–Crippen MR) is 73.2 cm³/mol. The molecule has 22 heavy (non-hydrogen) atoms. The van der Waals surface area contributed by atoms with Crippen LogP contribution in [0.1, 0.15) is 25.7 Å². The molecule has 2 rings (SSSR count). The van der Waals surface area contributed by atoms with Crippen molar-refractivity contribution >= 4 is 11.8 Å². The van der Waals surface area contributed by atoms with Gasteiger partial charge in [0.25, 0.3) is 5.91 Å². The van der Waals surface area contributed by atoms with Gasteiger partial charge in [0, 0.05) is 32.8 Å². The van der Waals surface area contributed by atoms with Gasteiger partial charge in [0.15, 0.2) is 0 Å². The maximum absolute atomic E-state index is 14.6. The molecule has 2 heterocycles. The molecule has 8 heteroatoms. The Bertz CT molecular complexity index is 441. The number of nitrogens with zero attached hydrogens (tertiary/aromatic N) is 1. The zero-order chi connectivity index (χ0) is 16.4. The summed E-state index contributed by atoms with van der Waals surface area (Å²) in [6.45, 7) is 0.348. The molecule has 0 aromatic heterocycles. The number of ether oxygens (including phenoxy) is 2. The zero-order valence-electron chi connectivity index (χ0n) is 12.6. The van der Waals surface area contributed by atoms with Gasteiger partial charge in [-0.15, -0.1) is 0 Å². The van der Waals surface area contributed by atoms with E-state index in [1.165, 1.54) is 7.11 Å². The highest BCUT2D eigenvalue weighted by molar-refractivity contribution is 5.93. The van der Waals surface area contributed by atoms with Crippen molar-refractivity contribution in [3.8, 4) is 0 Å². The van der Waals surface area contributed by atoms with E-state index in [0.29, 0.717) is 6.42 Å². The number of hydrogen-bond donors (Lipinski definition) is 1. The molecule has 126 valence electrons. The molecule has 0 spiro atoms. The third-order valence-corrected chi connectivity index (χ3v) is 4.59. The van der Waals surface area contributed by atoms with Gasteiger partial charge in [-0.1, -0.05) is 0 Å². The SMILES string of the molecule is COCC1(C(N)=O)CCCN1C(=O)C(F)(F)C1CCOCC1. The van der Waals surface area contributed by atoms with Crippen molar-refractivity contribution < 1.29 is 27.8 Å². The summed E-state index contributed by atoms with van der Waals surface area (Å²) in [7, 11) is 1.35. The van der Waals surface area contributed by atoms with Crippen LogP contribution in [0, 0.1) is 5.92 Å². The number of halogens is 2. The second-order valence-electron chi connectivity index (χ2n) is 5.90. The highest BCUT2D eigenvalue weighted by atomic mass is 19.3. The lowest BCUT2D eigenvalue weighted by Crippen LogP contribution is -2.62. The van der Waals surface area contributed by atoms with E-state index in [4.69, 9.17) is 15.2 Å². The van der Waals surface area contributed by atoms with Crippen molar-refractivity contribution in [2.75, 3.05) is 33.5 Å². The standard InChI is InChI=1S/C14H22F2N2O4/c1-21-9-13(11(17)19)5-2-6-18(13)12(20)14(15,16)10-3-7-22-8-4-10/h10H,2-9H2,1H3,(H2,17,19). The molecular weight excluding hydrogens is 298 g/mol. The molecule has 1 unspecified atom stereocenters. The Kier molecular flexibility index (Phi) is 5.01. The van der Waals surface area contributed by atoms with Crippen molar-refractivity contribution in [2.45, 2.75) is 37.1 Å². The first-order valence-corrected chi connectivity index (χ1v) is 7.42. The summed E-state index contributed by atoms with van der Waals surface area (Å²) >= 11 is 0. The quantitative estimate of drug-likeness (QED) is 0.801. The summed E-state index contributed by atoms with van der Waals surface area (Å²) in [6, 6.07) is 0. The minimum atomic E-state index is -3.53. The average molecular weight is 320 g/mol. The highest BCUT2D eigenvalue weighted by Crippen LogP contribution is 2.39. The van der Waals surface area contributed by atoms with Crippen LogP contribution in [-0.4, -0.2) is 61.7 Å². The van der Waals surface area contributed by atoms with Gasteiger partial charge in [-0.3, -0.25) is 9.59 Å². The number of primary amides is 1. The number of carbonyl (C=O) groups is 2. The minimum Gasteiger partial charge on any atom is -0.382 e. The lowest BCUT2D eigenvalue weighted by molar-refractivity contribution is -0.178. The van der Waals surface area contributed by atoms with Crippen LogP contribution < -0.4 is 5.73 Å². The first-order valence-electron chi connectivity index (χ1n) is 7.42. The fraction of sp³-hybridized carbons (Fsp3) is 0.857. The highest BCUT2D eigenvalue weighted by Gasteiger charge is 2.57. The van der Waals surface area contributed by atoms with Gasteiger partial charge in [0.05, 0.1) is 6.61 Å². The van der Waals surface area contributed by atoms with Crippen LogP contribution in [0.4, 0.5) is 8.78 Å². The van der Waals surface area contributed by atoms with Gasteiger partial charge >= 0.3 is 5.92 Å². The largest absolute Gasteiger partial charge is 0.382 e. The number of methoxy groups -OCH3 is 1.